The number of anilines is 3. The highest BCUT2D eigenvalue weighted by atomic mass is 32.2. The van der Waals surface area contributed by atoms with Crippen LogP contribution in [-0.4, -0.2) is 62.0 Å². The van der Waals surface area contributed by atoms with Crippen molar-refractivity contribution in [1.29, 1.82) is 4.78 Å². The second-order valence-electron chi connectivity index (χ2n) is 11.0. The molecule has 2 bridgehead atoms. The number of rotatable bonds is 8. The van der Waals surface area contributed by atoms with E-state index in [1.807, 2.05) is 11.0 Å². The molecule has 0 amide bonds. The SMILES string of the molecule is N=S1(=O)CC(N2C[C@@H]3C[C@H]2CN3c2c(N(Cc3ccc(-c4nnc(C(F)F)o4)cc3F)c3ccccc3)c(=O)c2=O)C1. The highest BCUT2D eigenvalue weighted by Gasteiger charge is 2.51. The van der Waals surface area contributed by atoms with Crippen molar-refractivity contribution in [3.63, 3.8) is 0 Å². The van der Waals surface area contributed by atoms with Crippen molar-refractivity contribution in [3.05, 3.63) is 86.2 Å². The van der Waals surface area contributed by atoms with E-state index in [2.05, 4.69) is 15.1 Å². The van der Waals surface area contributed by atoms with Gasteiger partial charge in [0.15, 0.2) is 0 Å². The maximum absolute atomic E-state index is 15.4. The van der Waals surface area contributed by atoms with Crippen LogP contribution in [0.2, 0.25) is 0 Å². The summed E-state index contributed by atoms with van der Waals surface area (Å²) in [5.74, 6) is -1.04. The number of alkyl halides is 2. The van der Waals surface area contributed by atoms with E-state index in [9.17, 15) is 22.6 Å². The number of halogens is 3. The van der Waals surface area contributed by atoms with Gasteiger partial charge >= 0.3 is 6.43 Å². The van der Waals surface area contributed by atoms with E-state index >= 15 is 4.39 Å². The Hall–Kier alpha value is -4.04. The third-order valence-corrected chi connectivity index (χ3v) is 10.3. The Balaban J connectivity index is 1.18. The van der Waals surface area contributed by atoms with Crippen molar-refractivity contribution < 1.29 is 21.8 Å². The van der Waals surface area contributed by atoms with E-state index in [1.54, 1.807) is 29.2 Å². The third-order valence-electron chi connectivity index (χ3n) is 8.42. The number of hydrogen-bond donors (Lipinski definition) is 1. The van der Waals surface area contributed by atoms with E-state index in [1.165, 1.54) is 12.1 Å². The summed E-state index contributed by atoms with van der Waals surface area (Å²) in [5.41, 5.74) is 0.212. The minimum Gasteiger partial charge on any atom is -0.415 e. The molecule has 42 heavy (non-hydrogen) atoms. The summed E-state index contributed by atoms with van der Waals surface area (Å²) in [6, 6.07) is 13.2. The van der Waals surface area contributed by atoms with E-state index in [-0.39, 0.29) is 47.4 Å². The molecule has 3 aliphatic heterocycles. The van der Waals surface area contributed by atoms with Crippen LogP contribution in [0.15, 0.2) is 62.5 Å². The van der Waals surface area contributed by atoms with Crippen molar-refractivity contribution in [1.82, 2.24) is 15.1 Å². The second-order valence-corrected chi connectivity index (χ2v) is 13.3. The van der Waals surface area contributed by atoms with Crippen LogP contribution in [0.25, 0.3) is 11.5 Å². The van der Waals surface area contributed by atoms with Gasteiger partial charge in [-0.15, -0.1) is 10.2 Å². The van der Waals surface area contributed by atoms with Gasteiger partial charge in [-0.05, 0) is 30.7 Å². The Labute approximate surface area is 238 Å². The lowest BCUT2D eigenvalue weighted by Crippen LogP contribution is -2.60. The number of nitrogens with zero attached hydrogens (tertiary/aromatic N) is 5. The van der Waals surface area contributed by atoms with Crippen LogP contribution < -0.4 is 20.7 Å². The van der Waals surface area contributed by atoms with Crippen LogP contribution >= 0.6 is 0 Å². The number of para-hydroxylation sites is 1. The fourth-order valence-electron chi connectivity index (χ4n) is 6.39. The number of benzene rings is 2. The minimum absolute atomic E-state index is 0.000569. The van der Waals surface area contributed by atoms with Crippen molar-refractivity contribution in [2.75, 3.05) is 34.4 Å². The lowest BCUT2D eigenvalue weighted by atomic mass is 10.1. The number of fused-ring (bicyclic) bond motifs is 2. The van der Waals surface area contributed by atoms with Crippen LogP contribution in [0.1, 0.15) is 24.3 Å². The van der Waals surface area contributed by atoms with Gasteiger partial charge < -0.3 is 14.2 Å². The van der Waals surface area contributed by atoms with Gasteiger partial charge in [0.05, 0.1) is 6.54 Å². The fraction of sp³-hybridized carbons (Fsp3) is 0.357. The normalized spacial score (nSPS) is 25.4. The first kappa shape index (κ1) is 26.8. The van der Waals surface area contributed by atoms with E-state index in [0.29, 0.717) is 36.0 Å². The third kappa shape index (κ3) is 4.40. The summed E-state index contributed by atoms with van der Waals surface area (Å²) in [5, 5.41) is 6.84. The number of hydrogen-bond acceptors (Lipinski definition) is 10. The fourth-order valence-corrected chi connectivity index (χ4v) is 7.92. The predicted molar refractivity (Wildman–Crippen MR) is 149 cm³/mol. The first-order chi connectivity index (χ1) is 20.1. The molecule has 1 N–H and O–H groups in total. The molecule has 0 radical (unpaired) electrons. The van der Waals surface area contributed by atoms with Gasteiger partial charge in [0.2, 0.25) is 5.89 Å². The van der Waals surface area contributed by atoms with Gasteiger partial charge in [-0.1, -0.05) is 24.3 Å². The monoisotopic (exact) mass is 598 g/mol. The summed E-state index contributed by atoms with van der Waals surface area (Å²) in [7, 11) is -2.47. The van der Waals surface area contributed by atoms with E-state index < -0.39 is 38.7 Å². The standard InChI is InChI=1S/C28H25F3N6O4S/c29-21-8-15(27-33-34-28(41-27)26(30)31)6-7-16(21)10-36(17-4-2-1-3-5-17)22-23(25(39)24(22)38)37-12-18-9-19(37)11-35(18)20-13-42(32,40)14-20/h1-8,18-20,26,32H,9-14H2/t18-,19-,20?,42?/m0/s1. The largest absolute Gasteiger partial charge is 0.415 e. The maximum Gasteiger partial charge on any atom is 0.314 e. The first-order valence-corrected chi connectivity index (χ1v) is 15.3. The molecule has 1 aromatic heterocycles. The van der Waals surface area contributed by atoms with Crippen LogP contribution in [0, 0.1) is 10.6 Å². The van der Waals surface area contributed by atoms with Crippen LogP contribution in [-0.2, 0) is 16.3 Å². The molecule has 3 saturated heterocycles. The van der Waals surface area contributed by atoms with Crippen molar-refractivity contribution in [2.24, 2.45) is 0 Å². The zero-order chi connectivity index (χ0) is 29.3. The average Bonchev–Trinajstić information content (AvgIpc) is 3.71. The Bertz CT molecular complexity index is 1850. The Morgan fingerprint density at radius 1 is 1.02 bits per heavy atom. The van der Waals surface area contributed by atoms with Gasteiger partial charge in [0.1, 0.15) is 17.2 Å². The van der Waals surface area contributed by atoms with Crippen molar-refractivity contribution in [2.45, 2.75) is 37.5 Å². The zero-order valence-electron chi connectivity index (χ0n) is 22.1. The molecule has 3 aromatic carbocycles. The number of likely N-dealkylation sites (tertiary alicyclic amines) is 1. The van der Waals surface area contributed by atoms with E-state index in [4.69, 9.17) is 9.20 Å². The molecule has 0 unspecified atom stereocenters. The molecule has 10 nitrogen and oxygen atoms in total. The lowest BCUT2D eigenvalue weighted by Gasteiger charge is -2.44. The van der Waals surface area contributed by atoms with Crippen LogP contribution in [0.4, 0.5) is 30.2 Å². The molecule has 0 aliphatic carbocycles. The molecular formula is C28H25F3N6O4S. The first-order valence-electron chi connectivity index (χ1n) is 13.4. The molecule has 0 saturated carbocycles. The molecule has 14 heteroatoms. The summed E-state index contributed by atoms with van der Waals surface area (Å²) in [6.45, 7) is 1.12. The van der Waals surface area contributed by atoms with Gasteiger partial charge in [0.25, 0.3) is 16.7 Å². The van der Waals surface area contributed by atoms with Gasteiger partial charge in [-0.3, -0.25) is 19.3 Å². The maximum atomic E-state index is 15.4. The van der Waals surface area contributed by atoms with Crippen molar-refractivity contribution in [3.8, 4) is 11.5 Å². The Morgan fingerprint density at radius 3 is 2.40 bits per heavy atom. The molecule has 4 aromatic rings. The minimum atomic E-state index is -2.95. The van der Waals surface area contributed by atoms with Gasteiger partial charge in [-0.25, -0.2) is 8.60 Å². The molecule has 218 valence electrons. The number of aromatic nitrogens is 2. The zero-order valence-corrected chi connectivity index (χ0v) is 22.9. The van der Waals surface area contributed by atoms with Crippen molar-refractivity contribution >= 4 is 26.8 Å². The Morgan fingerprint density at radius 2 is 1.79 bits per heavy atom. The van der Waals surface area contributed by atoms with Crippen LogP contribution in [0.5, 0.6) is 0 Å². The Kier molecular flexibility index (Phi) is 6.24. The average molecular weight is 599 g/mol. The highest BCUT2D eigenvalue weighted by Crippen LogP contribution is 2.41. The van der Waals surface area contributed by atoms with Crippen LogP contribution in [0.3, 0.4) is 0 Å². The molecule has 2 atom stereocenters. The van der Waals surface area contributed by atoms with Gasteiger partial charge in [-0.2, -0.15) is 8.78 Å². The summed E-state index contributed by atoms with van der Waals surface area (Å²) in [6.07, 6.45) is -2.15. The molecular weight excluding hydrogens is 573 g/mol. The smallest absolute Gasteiger partial charge is 0.314 e. The summed E-state index contributed by atoms with van der Waals surface area (Å²) < 4.78 is 65.7. The summed E-state index contributed by atoms with van der Waals surface area (Å²) in [4.78, 5) is 32.0. The molecule has 3 aliphatic rings. The topological polar surface area (TPSA) is 124 Å². The molecule has 0 spiro atoms. The van der Waals surface area contributed by atoms with E-state index in [0.717, 1.165) is 12.5 Å². The molecule has 4 heterocycles. The number of nitrogens with one attached hydrogen (secondary N) is 1. The van der Waals surface area contributed by atoms with Gasteiger partial charge in [0, 0.05) is 69.3 Å². The molecule has 7 rings (SSSR count). The summed E-state index contributed by atoms with van der Waals surface area (Å²) >= 11 is 0. The number of piperazine rings is 1. The lowest BCUT2D eigenvalue weighted by molar-refractivity contribution is 0.116. The second kappa shape index (κ2) is 9.76. The quantitative estimate of drug-likeness (QED) is 0.304. The molecule has 3 fully saturated rings. The highest BCUT2D eigenvalue weighted by molar-refractivity contribution is 7.93. The predicted octanol–water partition coefficient (Wildman–Crippen LogP) is 3.44.